The van der Waals surface area contributed by atoms with Gasteiger partial charge in [-0.25, -0.2) is 4.98 Å². The Bertz CT molecular complexity index is 888. The number of nitrogens with one attached hydrogen (secondary N) is 1. The molecule has 0 atom stereocenters. The van der Waals surface area contributed by atoms with Crippen LogP contribution in [-0.4, -0.2) is 56.9 Å². The molecule has 1 aromatic carbocycles. The third-order valence-corrected chi connectivity index (χ3v) is 5.19. The second-order valence-corrected chi connectivity index (χ2v) is 7.57. The first-order valence-corrected chi connectivity index (χ1v) is 10.3. The fourth-order valence-electron chi connectivity index (χ4n) is 3.44. The van der Waals surface area contributed by atoms with Gasteiger partial charge in [-0.3, -0.25) is 4.79 Å². The van der Waals surface area contributed by atoms with Gasteiger partial charge in [0.25, 0.3) is 5.91 Å². The highest BCUT2D eigenvalue weighted by Gasteiger charge is 2.19. The molecule has 2 heterocycles. The lowest BCUT2D eigenvalue weighted by Gasteiger charge is -2.30. The van der Waals surface area contributed by atoms with E-state index >= 15 is 0 Å². The predicted octanol–water partition coefficient (Wildman–Crippen LogP) is 3.06. The summed E-state index contributed by atoms with van der Waals surface area (Å²) < 4.78 is 21.6. The van der Waals surface area contributed by atoms with Crippen LogP contribution >= 0.6 is 0 Å². The van der Waals surface area contributed by atoms with Gasteiger partial charge in [0.1, 0.15) is 0 Å². The quantitative estimate of drug-likeness (QED) is 0.683. The van der Waals surface area contributed by atoms with Gasteiger partial charge < -0.3 is 29.2 Å². The molecule has 9 heteroatoms. The molecule has 1 amide bonds. The minimum Gasteiger partial charge on any atom is -0.493 e. The zero-order valence-electron chi connectivity index (χ0n) is 18.7. The fourth-order valence-corrected chi connectivity index (χ4v) is 3.44. The van der Waals surface area contributed by atoms with Crippen molar-refractivity contribution in [2.75, 3.05) is 51.2 Å². The number of carbonyl (C=O) groups excluding carboxylic acids is 1. The monoisotopic (exact) mass is 430 g/mol. The molecule has 1 fully saturated rings. The number of carbonyl (C=O) groups is 1. The summed E-state index contributed by atoms with van der Waals surface area (Å²) in [6, 6.07) is 5.04. The summed E-state index contributed by atoms with van der Waals surface area (Å²) in [4.78, 5) is 23.6. The van der Waals surface area contributed by atoms with Crippen LogP contribution in [0.5, 0.6) is 23.1 Å². The summed E-state index contributed by atoms with van der Waals surface area (Å²) in [5.41, 5.74) is 1.30. The SMILES string of the molecule is COc1cc(NC(=O)COc2cc(C)nc(N3CCC(C)CC3)n2)cc(OC)c1OC. The lowest BCUT2D eigenvalue weighted by molar-refractivity contribution is -0.118. The number of amides is 1. The first kappa shape index (κ1) is 22.5. The lowest BCUT2D eigenvalue weighted by Crippen LogP contribution is -2.34. The minimum atomic E-state index is -0.334. The molecular formula is C22H30N4O5. The Labute approximate surface area is 182 Å². The smallest absolute Gasteiger partial charge is 0.262 e. The molecule has 1 aromatic heterocycles. The van der Waals surface area contributed by atoms with Crippen LogP contribution in [0.25, 0.3) is 0 Å². The van der Waals surface area contributed by atoms with E-state index in [-0.39, 0.29) is 12.5 Å². The van der Waals surface area contributed by atoms with Crippen molar-refractivity contribution in [3.8, 4) is 23.1 Å². The van der Waals surface area contributed by atoms with Crippen molar-refractivity contribution in [2.45, 2.75) is 26.7 Å². The number of hydrogen-bond acceptors (Lipinski definition) is 8. The molecule has 2 aromatic rings. The van der Waals surface area contributed by atoms with Gasteiger partial charge in [0.05, 0.1) is 21.3 Å². The summed E-state index contributed by atoms with van der Waals surface area (Å²) in [5.74, 6) is 2.76. The van der Waals surface area contributed by atoms with E-state index in [1.54, 1.807) is 18.2 Å². The van der Waals surface area contributed by atoms with E-state index in [9.17, 15) is 4.79 Å². The number of hydrogen-bond donors (Lipinski definition) is 1. The number of aryl methyl sites for hydroxylation is 1. The standard InChI is InChI=1S/C22H30N4O5/c1-14-6-8-26(9-7-14)22-23-15(2)10-20(25-22)31-13-19(27)24-16-11-17(28-3)21(30-5)18(12-16)29-4/h10-12,14H,6-9,13H2,1-5H3,(H,24,27). The molecule has 0 aliphatic carbocycles. The fraction of sp³-hybridized carbons (Fsp3) is 0.500. The molecular weight excluding hydrogens is 400 g/mol. The summed E-state index contributed by atoms with van der Waals surface area (Å²) in [6.07, 6.45) is 2.23. The molecule has 1 saturated heterocycles. The van der Waals surface area contributed by atoms with Crippen LogP contribution in [0.1, 0.15) is 25.5 Å². The average Bonchev–Trinajstić information content (AvgIpc) is 2.77. The zero-order chi connectivity index (χ0) is 22.4. The second-order valence-electron chi connectivity index (χ2n) is 7.57. The predicted molar refractivity (Wildman–Crippen MR) is 118 cm³/mol. The second kappa shape index (κ2) is 10.2. The Hall–Kier alpha value is -3.23. The first-order valence-electron chi connectivity index (χ1n) is 10.3. The highest BCUT2D eigenvalue weighted by atomic mass is 16.5. The lowest BCUT2D eigenvalue weighted by atomic mass is 10.00. The topological polar surface area (TPSA) is 95.0 Å². The zero-order valence-corrected chi connectivity index (χ0v) is 18.7. The maximum Gasteiger partial charge on any atom is 0.262 e. The van der Waals surface area contributed by atoms with Crippen LogP contribution < -0.4 is 29.2 Å². The first-order chi connectivity index (χ1) is 14.9. The molecule has 31 heavy (non-hydrogen) atoms. The van der Waals surface area contributed by atoms with E-state index in [2.05, 4.69) is 27.1 Å². The van der Waals surface area contributed by atoms with Gasteiger partial charge in [0, 0.05) is 42.7 Å². The van der Waals surface area contributed by atoms with Crippen molar-refractivity contribution in [3.63, 3.8) is 0 Å². The van der Waals surface area contributed by atoms with Crippen LogP contribution in [0.4, 0.5) is 11.6 Å². The summed E-state index contributed by atoms with van der Waals surface area (Å²) in [5, 5.41) is 2.78. The van der Waals surface area contributed by atoms with Gasteiger partial charge in [-0.05, 0) is 25.7 Å². The van der Waals surface area contributed by atoms with E-state index in [1.165, 1.54) is 21.3 Å². The number of aromatic nitrogens is 2. The van der Waals surface area contributed by atoms with Crippen LogP contribution in [0, 0.1) is 12.8 Å². The summed E-state index contributed by atoms with van der Waals surface area (Å²) >= 11 is 0. The molecule has 0 spiro atoms. The third-order valence-electron chi connectivity index (χ3n) is 5.19. The number of methoxy groups -OCH3 is 3. The largest absolute Gasteiger partial charge is 0.493 e. The van der Waals surface area contributed by atoms with Crippen LogP contribution in [-0.2, 0) is 4.79 Å². The maximum atomic E-state index is 12.4. The minimum absolute atomic E-state index is 0.191. The van der Waals surface area contributed by atoms with Crippen LogP contribution in [0.2, 0.25) is 0 Å². The molecule has 1 aliphatic rings. The number of rotatable bonds is 8. The van der Waals surface area contributed by atoms with Crippen molar-refractivity contribution < 1.29 is 23.7 Å². The number of ether oxygens (including phenoxy) is 4. The van der Waals surface area contributed by atoms with Crippen LogP contribution in [0.15, 0.2) is 18.2 Å². The molecule has 3 rings (SSSR count). The molecule has 0 unspecified atom stereocenters. The Morgan fingerprint density at radius 2 is 1.71 bits per heavy atom. The van der Waals surface area contributed by atoms with E-state index in [1.807, 2.05) is 6.92 Å². The third kappa shape index (κ3) is 5.68. The molecule has 9 nitrogen and oxygen atoms in total. The molecule has 0 saturated carbocycles. The Morgan fingerprint density at radius 1 is 1.06 bits per heavy atom. The Balaban J connectivity index is 1.65. The van der Waals surface area contributed by atoms with Gasteiger partial charge in [-0.2, -0.15) is 4.98 Å². The van der Waals surface area contributed by atoms with Crippen molar-refractivity contribution in [2.24, 2.45) is 5.92 Å². The summed E-state index contributed by atoms with van der Waals surface area (Å²) in [7, 11) is 4.56. The van der Waals surface area contributed by atoms with Crippen molar-refractivity contribution in [1.82, 2.24) is 9.97 Å². The highest BCUT2D eigenvalue weighted by molar-refractivity contribution is 5.92. The van der Waals surface area contributed by atoms with Gasteiger partial charge in [-0.15, -0.1) is 0 Å². The Morgan fingerprint density at radius 3 is 2.29 bits per heavy atom. The van der Waals surface area contributed by atoms with E-state index in [0.717, 1.165) is 37.5 Å². The highest BCUT2D eigenvalue weighted by Crippen LogP contribution is 2.39. The van der Waals surface area contributed by atoms with Crippen molar-refractivity contribution in [1.29, 1.82) is 0 Å². The Kier molecular flexibility index (Phi) is 7.38. The van der Waals surface area contributed by atoms with E-state index in [4.69, 9.17) is 18.9 Å². The molecule has 168 valence electrons. The van der Waals surface area contributed by atoms with Crippen molar-refractivity contribution >= 4 is 17.5 Å². The van der Waals surface area contributed by atoms with Gasteiger partial charge in [0.2, 0.25) is 17.6 Å². The van der Waals surface area contributed by atoms with Gasteiger partial charge in [-0.1, -0.05) is 6.92 Å². The average molecular weight is 431 g/mol. The number of benzene rings is 1. The van der Waals surface area contributed by atoms with Gasteiger partial charge in [0.15, 0.2) is 18.1 Å². The van der Waals surface area contributed by atoms with E-state index < -0.39 is 0 Å². The normalized spacial score (nSPS) is 14.2. The molecule has 1 N–H and O–H groups in total. The van der Waals surface area contributed by atoms with Crippen molar-refractivity contribution in [3.05, 3.63) is 23.9 Å². The number of piperidine rings is 1. The number of nitrogens with zero attached hydrogens (tertiary/aromatic N) is 3. The maximum absolute atomic E-state index is 12.4. The molecule has 1 aliphatic heterocycles. The molecule has 0 bridgehead atoms. The van der Waals surface area contributed by atoms with E-state index in [0.29, 0.717) is 34.8 Å². The summed E-state index contributed by atoms with van der Waals surface area (Å²) in [6.45, 7) is 5.80. The van der Waals surface area contributed by atoms with Gasteiger partial charge >= 0.3 is 0 Å². The van der Waals surface area contributed by atoms with Crippen LogP contribution in [0.3, 0.4) is 0 Å². The number of anilines is 2. The molecule has 0 radical (unpaired) electrons.